The third-order valence-electron chi connectivity index (χ3n) is 5.69. The van der Waals surface area contributed by atoms with E-state index in [2.05, 4.69) is 20.7 Å². The van der Waals surface area contributed by atoms with Crippen LogP contribution in [0, 0.1) is 12.7 Å². The van der Waals surface area contributed by atoms with Gasteiger partial charge < -0.3 is 10.6 Å². The minimum atomic E-state index is -4.62. The van der Waals surface area contributed by atoms with Crippen LogP contribution < -0.4 is 10.6 Å². The molecule has 2 aromatic heterocycles. The summed E-state index contributed by atoms with van der Waals surface area (Å²) in [5.41, 5.74) is 0.332. The average molecular weight is 449 g/mol. The number of carbonyl (C=O) groups is 1. The standard InChI is InChI=1S/C22H23F4N5O/c1-12-17(11-31(2)30-12)21(32)28-15-5-3-4-14(9-15)27-19-10-20(22(24,25)26)29-18-7-6-13(23)8-16(18)19/h6-8,10-11,14-15H,3-5,9H2,1-2H3,(H,27,29)(H,28,32)/t14-,15+/m0/s1. The zero-order chi connectivity index (χ0) is 23.0. The number of amides is 1. The summed E-state index contributed by atoms with van der Waals surface area (Å²) in [6.07, 6.45) is -0.158. The normalized spacial score (nSPS) is 19.2. The average Bonchev–Trinajstić information content (AvgIpc) is 3.06. The second-order valence-electron chi connectivity index (χ2n) is 8.19. The van der Waals surface area contributed by atoms with Crippen LogP contribution in [0.4, 0.5) is 23.2 Å². The van der Waals surface area contributed by atoms with Crippen molar-refractivity contribution in [1.29, 1.82) is 0 Å². The van der Waals surface area contributed by atoms with Crippen LogP contribution in [0.2, 0.25) is 0 Å². The van der Waals surface area contributed by atoms with Crippen molar-refractivity contribution >= 4 is 22.5 Å². The number of nitrogens with one attached hydrogen (secondary N) is 2. The summed E-state index contributed by atoms with van der Waals surface area (Å²) in [6, 6.07) is 4.11. The Morgan fingerprint density at radius 2 is 1.94 bits per heavy atom. The number of halogens is 4. The van der Waals surface area contributed by atoms with Gasteiger partial charge in [0.2, 0.25) is 0 Å². The SMILES string of the molecule is Cc1nn(C)cc1C(=O)N[C@@H]1CCC[C@H](Nc2cc(C(F)(F)F)nc3ccc(F)cc23)C1. The van der Waals surface area contributed by atoms with Crippen molar-refractivity contribution in [2.45, 2.75) is 50.9 Å². The molecule has 6 nitrogen and oxygen atoms in total. The number of hydrogen-bond donors (Lipinski definition) is 2. The number of hydrogen-bond acceptors (Lipinski definition) is 4. The van der Waals surface area contributed by atoms with Crippen LogP contribution in [0.5, 0.6) is 0 Å². The number of pyridine rings is 1. The maximum absolute atomic E-state index is 13.8. The van der Waals surface area contributed by atoms with Crippen molar-refractivity contribution < 1.29 is 22.4 Å². The van der Waals surface area contributed by atoms with E-state index in [0.29, 0.717) is 17.7 Å². The van der Waals surface area contributed by atoms with Crippen LogP contribution in [-0.4, -0.2) is 32.8 Å². The molecule has 1 aliphatic rings. The van der Waals surface area contributed by atoms with E-state index in [1.54, 1.807) is 24.9 Å². The van der Waals surface area contributed by atoms with E-state index in [4.69, 9.17) is 0 Å². The van der Waals surface area contributed by atoms with Gasteiger partial charge in [0.05, 0.1) is 16.8 Å². The predicted molar refractivity (Wildman–Crippen MR) is 112 cm³/mol. The van der Waals surface area contributed by atoms with E-state index < -0.39 is 17.7 Å². The molecule has 4 rings (SSSR count). The maximum atomic E-state index is 13.8. The lowest BCUT2D eigenvalue weighted by molar-refractivity contribution is -0.140. The monoisotopic (exact) mass is 449 g/mol. The molecule has 1 saturated carbocycles. The number of alkyl halides is 3. The van der Waals surface area contributed by atoms with Crippen molar-refractivity contribution in [1.82, 2.24) is 20.1 Å². The van der Waals surface area contributed by atoms with E-state index in [0.717, 1.165) is 31.4 Å². The maximum Gasteiger partial charge on any atom is 0.433 e. The zero-order valence-electron chi connectivity index (χ0n) is 17.6. The van der Waals surface area contributed by atoms with Gasteiger partial charge in [-0.05, 0) is 56.9 Å². The molecule has 0 unspecified atom stereocenters. The van der Waals surface area contributed by atoms with Gasteiger partial charge in [-0.3, -0.25) is 9.48 Å². The molecule has 2 atom stereocenters. The van der Waals surface area contributed by atoms with Crippen molar-refractivity contribution in [2.75, 3.05) is 5.32 Å². The Hall–Kier alpha value is -3.17. The largest absolute Gasteiger partial charge is 0.433 e. The summed E-state index contributed by atoms with van der Waals surface area (Å²) in [5, 5.41) is 10.6. The van der Waals surface area contributed by atoms with Crippen LogP contribution >= 0.6 is 0 Å². The smallest absolute Gasteiger partial charge is 0.382 e. The van der Waals surface area contributed by atoms with Gasteiger partial charge in [0, 0.05) is 36.4 Å². The zero-order valence-corrected chi connectivity index (χ0v) is 17.6. The van der Waals surface area contributed by atoms with Crippen molar-refractivity contribution in [3.8, 4) is 0 Å². The molecule has 0 bridgehead atoms. The van der Waals surface area contributed by atoms with E-state index in [1.165, 1.54) is 12.1 Å². The molecule has 0 spiro atoms. The lowest BCUT2D eigenvalue weighted by atomic mass is 9.90. The number of fused-ring (bicyclic) bond motifs is 1. The number of nitrogens with zero attached hydrogens (tertiary/aromatic N) is 3. The van der Waals surface area contributed by atoms with Crippen molar-refractivity contribution in [2.24, 2.45) is 7.05 Å². The quantitative estimate of drug-likeness (QED) is 0.572. The van der Waals surface area contributed by atoms with Gasteiger partial charge >= 0.3 is 6.18 Å². The van der Waals surface area contributed by atoms with Crippen LogP contribution in [0.1, 0.15) is 47.4 Å². The number of benzene rings is 1. The van der Waals surface area contributed by atoms with Crippen LogP contribution in [0.25, 0.3) is 10.9 Å². The Kier molecular flexibility index (Phi) is 5.79. The van der Waals surface area contributed by atoms with Crippen LogP contribution in [0.15, 0.2) is 30.5 Å². The Labute approximate surface area is 182 Å². The molecule has 0 radical (unpaired) electrons. The van der Waals surface area contributed by atoms with Gasteiger partial charge in [0.25, 0.3) is 5.91 Å². The molecule has 1 aliphatic carbocycles. The van der Waals surface area contributed by atoms with Gasteiger partial charge in [-0.15, -0.1) is 0 Å². The molecule has 0 aliphatic heterocycles. The highest BCUT2D eigenvalue weighted by Gasteiger charge is 2.34. The number of rotatable bonds is 4. The molecule has 3 aromatic rings. The van der Waals surface area contributed by atoms with Gasteiger partial charge in [-0.25, -0.2) is 9.37 Å². The molecular weight excluding hydrogens is 426 g/mol. The first-order chi connectivity index (χ1) is 15.1. The topological polar surface area (TPSA) is 71.8 Å². The summed E-state index contributed by atoms with van der Waals surface area (Å²) in [5.74, 6) is -0.778. The first kappa shape index (κ1) is 22.0. The summed E-state index contributed by atoms with van der Waals surface area (Å²) in [4.78, 5) is 16.3. The molecule has 170 valence electrons. The molecule has 10 heteroatoms. The van der Waals surface area contributed by atoms with Crippen molar-refractivity contribution in [3.05, 3.63) is 53.2 Å². The molecule has 1 aromatic carbocycles. The summed E-state index contributed by atoms with van der Waals surface area (Å²) in [6.45, 7) is 1.76. The van der Waals surface area contributed by atoms with Gasteiger partial charge in [0.15, 0.2) is 0 Å². The van der Waals surface area contributed by atoms with Crippen molar-refractivity contribution in [3.63, 3.8) is 0 Å². The Balaban J connectivity index is 1.54. The van der Waals surface area contributed by atoms with Crippen LogP contribution in [0.3, 0.4) is 0 Å². The molecular formula is C22H23F4N5O. The second-order valence-corrected chi connectivity index (χ2v) is 8.19. The summed E-state index contributed by atoms with van der Waals surface area (Å²) < 4.78 is 55.4. The van der Waals surface area contributed by atoms with E-state index in [1.807, 2.05) is 0 Å². The second kappa shape index (κ2) is 8.40. The number of anilines is 1. The first-order valence-electron chi connectivity index (χ1n) is 10.4. The Morgan fingerprint density at radius 1 is 1.19 bits per heavy atom. The molecule has 1 amide bonds. The molecule has 32 heavy (non-hydrogen) atoms. The third kappa shape index (κ3) is 4.68. The lowest BCUT2D eigenvalue weighted by Crippen LogP contribution is -2.42. The van der Waals surface area contributed by atoms with Crippen LogP contribution in [-0.2, 0) is 13.2 Å². The minimum Gasteiger partial charge on any atom is -0.382 e. The summed E-state index contributed by atoms with van der Waals surface area (Å²) >= 11 is 0. The molecule has 1 fully saturated rings. The number of carbonyl (C=O) groups excluding carboxylic acids is 1. The Bertz CT molecular complexity index is 1160. The molecule has 2 N–H and O–H groups in total. The molecule has 0 saturated heterocycles. The highest BCUT2D eigenvalue weighted by Crippen LogP contribution is 2.34. The summed E-state index contributed by atoms with van der Waals surface area (Å²) in [7, 11) is 1.74. The fourth-order valence-electron chi connectivity index (χ4n) is 4.22. The van der Waals surface area contributed by atoms with E-state index >= 15 is 0 Å². The minimum absolute atomic E-state index is 0.0661. The van der Waals surface area contributed by atoms with E-state index in [-0.39, 0.29) is 34.6 Å². The third-order valence-corrected chi connectivity index (χ3v) is 5.69. The number of aromatic nitrogens is 3. The highest BCUT2D eigenvalue weighted by molar-refractivity contribution is 5.95. The van der Waals surface area contributed by atoms with Gasteiger partial charge in [0.1, 0.15) is 11.5 Å². The predicted octanol–water partition coefficient (Wildman–Crippen LogP) is 4.59. The number of aryl methyl sites for hydroxylation is 2. The van der Waals surface area contributed by atoms with Gasteiger partial charge in [-0.1, -0.05) is 0 Å². The van der Waals surface area contributed by atoms with Gasteiger partial charge in [-0.2, -0.15) is 18.3 Å². The fourth-order valence-corrected chi connectivity index (χ4v) is 4.22. The highest BCUT2D eigenvalue weighted by atomic mass is 19.4. The lowest BCUT2D eigenvalue weighted by Gasteiger charge is -2.31. The molecule has 2 heterocycles. The van der Waals surface area contributed by atoms with E-state index in [9.17, 15) is 22.4 Å². The fraction of sp³-hybridized carbons (Fsp3) is 0.409. The Morgan fingerprint density at radius 3 is 2.62 bits per heavy atom. The first-order valence-corrected chi connectivity index (χ1v) is 10.4.